The fourth-order valence-electron chi connectivity index (χ4n) is 3.71. The first-order chi connectivity index (χ1) is 9.94. The van der Waals surface area contributed by atoms with E-state index in [0.717, 1.165) is 39.3 Å². The molecule has 1 N–H and O–H groups in total. The molecular formula is C16H33N3O2. The van der Waals surface area contributed by atoms with E-state index >= 15 is 0 Å². The van der Waals surface area contributed by atoms with Crippen LogP contribution < -0.4 is 0 Å². The summed E-state index contributed by atoms with van der Waals surface area (Å²) in [6.45, 7) is 9.86. The predicted octanol–water partition coefficient (Wildman–Crippen LogP) is 0.483. The minimum absolute atomic E-state index is 0.261. The SMILES string of the molecule is CC1CN(CC(O)CN2CCCC(N(C)C)C2)CC(C)O1. The summed E-state index contributed by atoms with van der Waals surface area (Å²) in [5.74, 6) is 0. The molecule has 0 aromatic heterocycles. The number of morpholine rings is 1. The Kier molecular flexibility index (Phi) is 6.44. The Bertz CT molecular complexity index is 304. The van der Waals surface area contributed by atoms with Gasteiger partial charge in [0.1, 0.15) is 0 Å². The summed E-state index contributed by atoms with van der Waals surface area (Å²) in [5.41, 5.74) is 0. The van der Waals surface area contributed by atoms with Crippen molar-refractivity contribution < 1.29 is 9.84 Å². The van der Waals surface area contributed by atoms with Crippen molar-refractivity contribution in [3.05, 3.63) is 0 Å². The fourth-order valence-corrected chi connectivity index (χ4v) is 3.71. The average Bonchev–Trinajstić information content (AvgIpc) is 2.37. The lowest BCUT2D eigenvalue weighted by Crippen LogP contribution is -2.51. The molecule has 0 saturated carbocycles. The maximum absolute atomic E-state index is 10.4. The summed E-state index contributed by atoms with van der Waals surface area (Å²) in [6, 6.07) is 0.634. The number of nitrogens with zero attached hydrogens (tertiary/aromatic N) is 3. The van der Waals surface area contributed by atoms with Gasteiger partial charge >= 0.3 is 0 Å². The molecule has 0 radical (unpaired) electrons. The Balaban J connectivity index is 1.74. The van der Waals surface area contributed by atoms with Gasteiger partial charge in [0.15, 0.2) is 0 Å². The van der Waals surface area contributed by atoms with E-state index in [1.807, 2.05) is 0 Å². The van der Waals surface area contributed by atoms with Gasteiger partial charge in [-0.2, -0.15) is 0 Å². The molecule has 4 atom stereocenters. The highest BCUT2D eigenvalue weighted by atomic mass is 16.5. The van der Waals surface area contributed by atoms with Crippen LogP contribution in [0.3, 0.4) is 0 Å². The number of ether oxygens (including phenoxy) is 1. The predicted molar refractivity (Wildman–Crippen MR) is 85.6 cm³/mol. The minimum Gasteiger partial charge on any atom is -0.390 e. The van der Waals surface area contributed by atoms with Crippen molar-refractivity contribution in [1.29, 1.82) is 0 Å². The molecule has 0 spiro atoms. The molecule has 2 aliphatic heterocycles. The van der Waals surface area contributed by atoms with Crippen molar-refractivity contribution in [3.63, 3.8) is 0 Å². The van der Waals surface area contributed by atoms with E-state index in [2.05, 4.69) is 42.6 Å². The van der Waals surface area contributed by atoms with Crippen LogP contribution in [0.5, 0.6) is 0 Å². The molecule has 2 rings (SSSR count). The number of likely N-dealkylation sites (N-methyl/N-ethyl adjacent to an activating group) is 1. The van der Waals surface area contributed by atoms with Crippen LogP contribution in [0, 0.1) is 0 Å². The first-order valence-corrected chi connectivity index (χ1v) is 8.38. The molecule has 0 aliphatic carbocycles. The van der Waals surface area contributed by atoms with Crippen molar-refractivity contribution in [2.45, 2.75) is 51.0 Å². The highest BCUT2D eigenvalue weighted by Gasteiger charge is 2.26. The molecular weight excluding hydrogens is 266 g/mol. The van der Waals surface area contributed by atoms with Crippen molar-refractivity contribution >= 4 is 0 Å². The molecule has 0 bridgehead atoms. The van der Waals surface area contributed by atoms with E-state index in [9.17, 15) is 5.11 Å². The van der Waals surface area contributed by atoms with Gasteiger partial charge in [0.05, 0.1) is 18.3 Å². The second-order valence-corrected chi connectivity index (χ2v) is 7.15. The molecule has 4 unspecified atom stereocenters. The first kappa shape index (κ1) is 17.2. The van der Waals surface area contributed by atoms with Crippen LogP contribution in [0.15, 0.2) is 0 Å². The van der Waals surface area contributed by atoms with Gasteiger partial charge in [0, 0.05) is 38.8 Å². The number of aliphatic hydroxyl groups excluding tert-OH is 1. The van der Waals surface area contributed by atoms with Gasteiger partial charge in [-0.25, -0.2) is 0 Å². The Morgan fingerprint density at radius 2 is 1.71 bits per heavy atom. The average molecular weight is 299 g/mol. The van der Waals surface area contributed by atoms with Gasteiger partial charge in [-0.15, -0.1) is 0 Å². The largest absolute Gasteiger partial charge is 0.390 e. The zero-order chi connectivity index (χ0) is 15.4. The quantitative estimate of drug-likeness (QED) is 0.800. The number of hydrogen-bond acceptors (Lipinski definition) is 5. The Morgan fingerprint density at radius 3 is 2.33 bits per heavy atom. The third kappa shape index (κ3) is 5.49. The number of piperidine rings is 1. The van der Waals surface area contributed by atoms with Crippen LogP contribution in [0.25, 0.3) is 0 Å². The van der Waals surface area contributed by atoms with Crippen molar-refractivity contribution in [3.8, 4) is 0 Å². The molecule has 2 heterocycles. The lowest BCUT2D eigenvalue weighted by molar-refractivity contribution is -0.0785. The maximum atomic E-state index is 10.4. The van der Waals surface area contributed by atoms with E-state index in [0.29, 0.717) is 6.04 Å². The van der Waals surface area contributed by atoms with Crippen molar-refractivity contribution in [2.24, 2.45) is 0 Å². The summed E-state index contributed by atoms with van der Waals surface area (Å²) in [5, 5.41) is 10.4. The Morgan fingerprint density at radius 1 is 1.10 bits per heavy atom. The first-order valence-electron chi connectivity index (χ1n) is 8.38. The van der Waals surface area contributed by atoms with Gasteiger partial charge in [-0.05, 0) is 47.3 Å². The Hall–Kier alpha value is -0.200. The zero-order valence-electron chi connectivity index (χ0n) is 14.2. The Labute approximate surface area is 129 Å². The number of rotatable bonds is 5. The van der Waals surface area contributed by atoms with Crippen LogP contribution in [-0.2, 0) is 4.74 Å². The molecule has 2 fully saturated rings. The maximum Gasteiger partial charge on any atom is 0.0793 e. The standard InChI is InChI=1S/C16H33N3O2/c1-13-8-19(9-14(2)21-13)12-16(20)11-18-7-5-6-15(10-18)17(3)4/h13-16,20H,5-12H2,1-4H3. The molecule has 124 valence electrons. The van der Waals surface area contributed by atoms with Crippen LogP contribution in [-0.4, -0.2) is 97.5 Å². The van der Waals surface area contributed by atoms with E-state index in [1.54, 1.807) is 0 Å². The second-order valence-electron chi connectivity index (χ2n) is 7.15. The third-order valence-electron chi connectivity index (χ3n) is 4.64. The van der Waals surface area contributed by atoms with E-state index in [4.69, 9.17) is 4.74 Å². The van der Waals surface area contributed by atoms with Gasteiger partial charge < -0.3 is 14.7 Å². The topological polar surface area (TPSA) is 39.2 Å². The molecule has 5 heteroatoms. The number of β-amino-alcohol motifs (C(OH)–C–C–N with tert-alkyl or cyclic N) is 1. The number of aliphatic hydroxyl groups is 1. The third-order valence-corrected chi connectivity index (χ3v) is 4.64. The van der Waals surface area contributed by atoms with Gasteiger partial charge in [-0.3, -0.25) is 9.80 Å². The van der Waals surface area contributed by atoms with Crippen LogP contribution in [0.2, 0.25) is 0 Å². The van der Waals surface area contributed by atoms with Crippen LogP contribution in [0.1, 0.15) is 26.7 Å². The van der Waals surface area contributed by atoms with Gasteiger partial charge in [0.25, 0.3) is 0 Å². The summed E-state index contributed by atoms with van der Waals surface area (Å²) in [4.78, 5) is 7.08. The van der Waals surface area contributed by atoms with E-state index < -0.39 is 0 Å². The van der Waals surface area contributed by atoms with Crippen LogP contribution >= 0.6 is 0 Å². The summed E-state index contributed by atoms with van der Waals surface area (Å²) < 4.78 is 5.75. The van der Waals surface area contributed by atoms with E-state index in [-0.39, 0.29) is 18.3 Å². The highest BCUT2D eigenvalue weighted by molar-refractivity contribution is 4.81. The fraction of sp³-hybridized carbons (Fsp3) is 1.00. The monoisotopic (exact) mass is 299 g/mol. The molecule has 0 aromatic carbocycles. The lowest BCUT2D eigenvalue weighted by Gasteiger charge is -2.39. The normalized spacial score (nSPS) is 34.3. The minimum atomic E-state index is -0.261. The summed E-state index contributed by atoms with van der Waals surface area (Å²) >= 11 is 0. The van der Waals surface area contributed by atoms with Crippen molar-refractivity contribution in [1.82, 2.24) is 14.7 Å². The van der Waals surface area contributed by atoms with E-state index in [1.165, 1.54) is 12.8 Å². The summed E-state index contributed by atoms with van der Waals surface area (Å²) in [7, 11) is 4.31. The molecule has 5 nitrogen and oxygen atoms in total. The molecule has 21 heavy (non-hydrogen) atoms. The second kappa shape index (κ2) is 7.88. The van der Waals surface area contributed by atoms with Crippen LogP contribution in [0.4, 0.5) is 0 Å². The summed E-state index contributed by atoms with van der Waals surface area (Å²) in [6.07, 6.45) is 2.80. The molecule has 2 saturated heterocycles. The lowest BCUT2D eigenvalue weighted by atomic mass is 10.0. The highest BCUT2D eigenvalue weighted by Crippen LogP contribution is 2.15. The van der Waals surface area contributed by atoms with Crippen molar-refractivity contribution in [2.75, 3.05) is 53.4 Å². The zero-order valence-corrected chi connectivity index (χ0v) is 14.2. The molecule has 0 amide bonds. The molecule has 0 aromatic rings. The number of likely N-dealkylation sites (tertiary alicyclic amines) is 1. The van der Waals surface area contributed by atoms with Gasteiger partial charge in [-0.1, -0.05) is 0 Å². The van der Waals surface area contributed by atoms with Gasteiger partial charge in [0.2, 0.25) is 0 Å². The smallest absolute Gasteiger partial charge is 0.0793 e. The molecule has 2 aliphatic rings. The number of hydrogen-bond donors (Lipinski definition) is 1.